The summed E-state index contributed by atoms with van der Waals surface area (Å²) in [6.07, 6.45) is -0.520. The molecule has 1 N–H and O–H groups in total. The Hall–Kier alpha value is -0.710. The van der Waals surface area contributed by atoms with Crippen molar-refractivity contribution in [3.63, 3.8) is 0 Å². The Morgan fingerprint density at radius 2 is 1.81 bits per heavy atom. The molecule has 0 saturated carbocycles. The molecule has 112 valence electrons. The smallest absolute Gasteiger partial charge is 0.0867 e. The number of rotatable bonds is 7. The van der Waals surface area contributed by atoms with Gasteiger partial charge in [0.15, 0.2) is 0 Å². The van der Waals surface area contributed by atoms with Gasteiger partial charge in [-0.3, -0.25) is 0 Å². The summed E-state index contributed by atoms with van der Waals surface area (Å²) in [5.74, 6) is 0.548. The SMILES string of the molecule is OC(COCc1ccccc1)CSc1ccc(Cl)c(Cl)c1. The summed E-state index contributed by atoms with van der Waals surface area (Å²) in [5, 5.41) is 11.0. The highest BCUT2D eigenvalue weighted by molar-refractivity contribution is 7.99. The second-order valence-electron chi connectivity index (χ2n) is 4.54. The molecule has 0 heterocycles. The van der Waals surface area contributed by atoms with Crippen molar-refractivity contribution in [3.8, 4) is 0 Å². The van der Waals surface area contributed by atoms with E-state index in [1.165, 1.54) is 11.8 Å². The first-order chi connectivity index (χ1) is 10.1. The first-order valence-electron chi connectivity index (χ1n) is 6.53. The van der Waals surface area contributed by atoms with Crippen molar-refractivity contribution in [3.05, 3.63) is 64.1 Å². The lowest BCUT2D eigenvalue weighted by Crippen LogP contribution is -2.17. The number of halogens is 2. The molecule has 2 aromatic rings. The summed E-state index contributed by atoms with van der Waals surface area (Å²) in [5.41, 5.74) is 1.10. The summed E-state index contributed by atoms with van der Waals surface area (Å²) < 4.78 is 5.50. The molecule has 2 rings (SSSR count). The molecule has 5 heteroatoms. The first-order valence-corrected chi connectivity index (χ1v) is 8.27. The van der Waals surface area contributed by atoms with E-state index >= 15 is 0 Å². The third-order valence-corrected chi connectivity index (χ3v) is 4.63. The molecular formula is C16H16Cl2O2S. The van der Waals surface area contributed by atoms with Crippen molar-refractivity contribution in [2.24, 2.45) is 0 Å². The average Bonchev–Trinajstić information content (AvgIpc) is 2.49. The second kappa shape index (κ2) is 8.66. The Balaban J connectivity index is 1.69. The van der Waals surface area contributed by atoms with Gasteiger partial charge in [-0.2, -0.15) is 0 Å². The fourth-order valence-corrected chi connectivity index (χ4v) is 2.90. The number of benzene rings is 2. The van der Waals surface area contributed by atoms with Crippen molar-refractivity contribution in [2.75, 3.05) is 12.4 Å². The molecule has 0 aromatic heterocycles. The van der Waals surface area contributed by atoms with Crippen LogP contribution >= 0.6 is 35.0 Å². The molecule has 0 radical (unpaired) electrons. The van der Waals surface area contributed by atoms with Gasteiger partial charge in [0.25, 0.3) is 0 Å². The van der Waals surface area contributed by atoms with E-state index in [0.717, 1.165) is 10.5 Å². The fourth-order valence-electron chi connectivity index (χ4n) is 1.69. The molecule has 2 aromatic carbocycles. The highest BCUT2D eigenvalue weighted by atomic mass is 35.5. The summed E-state index contributed by atoms with van der Waals surface area (Å²) >= 11 is 13.3. The quantitative estimate of drug-likeness (QED) is 0.741. The van der Waals surface area contributed by atoms with Crippen LogP contribution < -0.4 is 0 Å². The molecule has 21 heavy (non-hydrogen) atoms. The van der Waals surface area contributed by atoms with Gasteiger partial charge in [0.05, 0.1) is 29.4 Å². The summed E-state index contributed by atoms with van der Waals surface area (Å²) in [6.45, 7) is 0.818. The maximum Gasteiger partial charge on any atom is 0.0867 e. The number of thioether (sulfide) groups is 1. The zero-order valence-corrected chi connectivity index (χ0v) is 13.7. The van der Waals surface area contributed by atoms with Crippen molar-refractivity contribution in [1.29, 1.82) is 0 Å². The van der Waals surface area contributed by atoms with E-state index in [0.29, 0.717) is 29.0 Å². The van der Waals surface area contributed by atoms with E-state index in [9.17, 15) is 5.11 Å². The molecule has 0 amide bonds. The van der Waals surface area contributed by atoms with E-state index in [1.807, 2.05) is 36.4 Å². The van der Waals surface area contributed by atoms with E-state index < -0.39 is 6.10 Å². The number of aliphatic hydroxyl groups excluding tert-OH is 1. The summed E-state index contributed by atoms with van der Waals surface area (Å²) in [7, 11) is 0. The molecule has 1 unspecified atom stereocenters. The maximum atomic E-state index is 9.91. The van der Waals surface area contributed by atoms with Gasteiger partial charge in [-0.1, -0.05) is 53.5 Å². The molecule has 0 bridgehead atoms. The number of ether oxygens (including phenoxy) is 1. The lowest BCUT2D eigenvalue weighted by Gasteiger charge is -2.11. The van der Waals surface area contributed by atoms with E-state index in [4.69, 9.17) is 27.9 Å². The highest BCUT2D eigenvalue weighted by Crippen LogP contribution is 2.28. The van der Waals surface area contributed by atoms with E-state index in [2.05, 4.69) is 0 Å². The van der Waals surface area contributed by atoms with Crippen LogP contribution in [0.4, 0.5) is 0 Å². The third-order valence-electron chi connectivity index (χ3n) is 2.76. The third kappa shape index (κ3) is 5.89. The average molecular weight is 343 g/mol. The largest absolute Gasteiger partial charge is 0.390 e. The van der Waals surface area contributed by atoms with Gasteiger partial charge in [0.1, 0.15) is 0 Å². The zero-order valence-electron chi connectivity index (χ0n) is 11.3. The molecule has 2 nitrogen and oxygen atoms in total. The van der Waals surface area contributed by atoms with Gasteiger partial charge >= 0.3 is 0 Å². The monoisotopic (exact) mass is 342 g/mol. The van der Waals surface area contributed by atoms with Crippen LogP contribution in [0.15, 0.2) is 53.4 Å². The van der Waals surface area contributed by atoms with Gasteiger partial charge in [0, 0.05) is 10.6 Å². The van der Waals surface area contributed by atoms with E-state index in [-0.39, 0.29) is 0 Å². The van der Waals surface area contributed by atoms with Gasteiger partial charge < -0.3 is 9.84 Å². The topological polar surface area (TPSA) is 29.5 Å². The minimum atomic E-state index is -0.520. The predicted octanol–water partition coefficient (Wildman–Crippen LogP) is 4.66. The van der Waals surface area contributed by atoms with Crippen LogP contribution in [0.1, 0.15) is 5.56 Å². The molecule has 0 saturated heterocycles. The van der Waals surface area contributed by atoms with Crippen LogP contribution in [0.25, 0.3) is 0 Å². The minimum Gasteiger partial charge on any atom is -0.390 e. The summed E-state index contributed by atoms with van der Waals surface area (Å²) in [4.78, 5) is 0.978. The minimum absolute atomic E-state index is 0.309. The van der Waals surface area contributed by atoms with Crippen LogP contribution in [0.5, 0.6) is 0 Å². The van der Waals surface area contributed by atoms with Crippen molar-refractivity contribution >= 4 is 35.0 Å². The van der Waals surface area contributed by atoms with Crippen LogP contribution in [0.2, 0.25) is 10.0 Å². The second-order valence-corrected chi connectivity index (χ2v) is 6.45. The Kier molecular flexibility index (Phi) is 6.87. The van der Waals surface area contributed by atoms with Crippen LogP contribution in [-0.4, -0.2) is 23.6 Å². The molecule has 0 aliphatic carbocycles. The maximum absolute atomic E-state index is 9.91. The van der Waals surface area contributed by atoms with Crippen LogP contribution in [0.3, 0.4) is 0 Å². The lowest BCUT2D eigenvalue weighted by molar-refractivity contribution is 0.0398. The van der Waals surface area contributed by atoms with Crippen LogP contribution in [0, 0.1) is 0 Å². The normalized spacial score (nSPS) is 12.3. The molecule has 0 aliphatic heterocycles. The summed E-state index contributed by atoms with van der Waals surface area (Å²) in [6, 6.07) is 15.3. The van der Waals surface area contributed by atoms with Gasteiger partial charge in [-0.15, -0.1) is 11.8 Å². The molecular weight excluding hydrogens is 327 g/mol. The van der Waals surface area contributed by atoms with Gasteiger partial charge in [-0.25, -0.2) is 0 Å². The molecule has 0 spiro atoms. The molecule has 1 atom stereocenters. The Bertz CT molecular complexity index is 563. The Morgan fingerprint density at radius 1 is 1.05 bits per heavy atom. The number of hydrogen-bond donors (Lipinski definition) is 1. The first kappa shape index (κ1) is 16.7. The van der Waals surface area contributed by atoms with Gasteiger partial charge in [0.2, 0.25) is 0 Å². The van der Waals surface area contributed by atoms with Crippen molar-refractivity contribution in [1.82, 2.24) is 0 Å². The van der Waals surface area contributed by atoms with Crippen molar-refractivity contribution in [2.45, 2.75) is 17.6 Å². The number of hydrogen-bond acceptors (Lipinski definition) is 3. The van der Waals surface area contributed by atoms with E-state index in [1.54, 1.807) is 12.1 Å². The Labute approximate surface area is 139 Å². The predicted molar refractivity (Wildman–Crippen MR) is 89.3 cm³/mol. The Morgan fingerprint density at radius 3 is 2.52 bits per heavy atom. The zero-order chi connectivity index (χ0) is 15.1. The molecule has 0 fully saturated rings. The lowest BCUT2D eigenvalue weighted by atomic mass is 10.2. The van der Waals surface area contributed by atoms with Crippen LogP contribution in [-0.2, 0) is 11.3 Å². The highest BCUT2D eigenvalue weighted by Gasteiger charge is 2.07. The standard InChI is InChI=1S/C16H16Cl2O2S/c17-15-7-6-14(8-16(15)18)21-11-13(19)10-20-9-12-4-2-1-3-5-12/h1-8,13,19H,9-11H2. The fraction of sp³-hybridized carbons (Fsp3) is 0.250. The molecule has 0 aliphatic rings. The number of aliphatic hydroxyl groups is 1. The van der Waals surface area contributed by atoms with Gasteiger partial charge in [-0.05, 0) is 23.8 Å². The van der Waals surface area contributed by atoms with Crippen molar-refractivity contribution < 1.29 is 9.84 Å².